The summed E-state index contributed by atoms with van der Waals surface area (Å²) in [5.74, 6) is -2.45. The van der Waals surface area contributed by atoms with Crippen LogP contribution >= 0.6 is 0 Å². The average molecular weight is 427 g/mol. The highest BCUT2D eigenvalue weighted by atomic mass is 16.6. The molecule has 0 aliphatic heterocycles. The van der Waals surface area contributed by atoms with Gasteiger partial charge in [-0.25, -0.2) is 4.79 Å². The Hall–Kier alpha value is -3.35. The summed E-state index contributed by atoms with van der Waals surface area (Å²) < 4.78 is 5.35. The van der Waals surface area contributed by atoms with Crippen molar-refractivity contribution in [3.05, 3.63) is 71.8 Å². The average Bonchev–Trinajstić information content (AvgIpc) is 2.66. The second kappa shape index (κ2) is 10.1. The van der Waals surface area contributed by atoms with Crippen molar-refractivity contribution in [2.75, 3.05) is 0 Å². The fraction of sp³-hybridized carbons (Fsp3) is 0.375. The van der Waals surface area contributed by atoms with Gasteiger partial charge in [0.25, 0.3) is 0 Å². The number of carbonyl (C=O) groups excluding carboxylic acids is 1. The summed E-state index contributed by atoms with van der Waals surface area (Å²) in [6.07, 6.45) is -1.39. The summed E-state index contributed by atoms with van der Waals surface area (Å²) in [6, 6.07) is 17.0. The van der Waals surface area contributed by atoms with E-state index in [1.165, 1.54) is 0 Å². The smallest absolute Gasteiger partial charge is 0.408 e. The van der Waals surface area contributed by atoms with Gasteiger partial charge < -0.3 is 20.3 Å². The number of hydrogen-bond donors (Lipinski definition) is 3. The molecule has 0 saturated carbocycles. The molecule has 2 rings (SSSR count). The SMILES string of the molecule is CC(C)(C)OC(=O)N[C@@H](CC(CC(=O)O)(Cc1ccccc1)C(=O)O)c1ccccc1. The van der Waals surface area contributed by atoms with Crippen molar-refractivity contribution < 1.29 is 29.3 Å². The minimum absolute atomic E-state index is 0.00874. The number of carboxylic acid groups (broad SMARTS) is 2. The molecule has 2 atom stereocenters. The molecule has 3 N–H and O–H groups in total. The van der Waals surface area contributed by atoms with Crippen LogP contribution in [0, 0.1) is 5.41 Å². The van der Waals surface area contributed by atoms with E-state index in [4.69, 9.17) is 4.74 Å². The molecule has 0 aliphatic carbocycles. The number of nitrogens with one attached hydrogen (secondary N) is 1. The predicted molar refractivity (Wildman–Crippen MR) is 116 cm³/mol. The summed E-state index contributed by atoms with van der Waals surface area (Å²) in [5, 5.41) is 22.4. The molecule has 1 unspecified atom stereocenters. The number of alkyl carbamates (subject to hydrolysis) is 1. The van der Waals surface area contributed by atoms with Crippen LogP contribution in [0.4, 0.5) is 4.79 Å². The van der Waals surface area contributed by atoms with Gasteiger partial charge in [0.15, 0.2) is 0 Å². The van der Waals surface area contributed by atoms with Crippen LogP contribution < -0.4 is 5.32 Å². The van der Waals surface area contributed by atoms with Crippen molar-refractivity contribution in [3.63, 3.8) is 0 Å². The highest BCUT2D eigenvalue weighted by molar-refractivity contribution is 5.82. The predicted octanol–water partition coefficient (Wildman–Crippen LogP) is 4.43. The number of rotatable bonds is 9. The van der Waals surface area contributed by atoms with Gasteiger partial charge in [-0.1, -0.05) is 60.7 Å². The quantitative estimate of drug-likeness (QED) is 0.546. The number of carbonyl (C=O) groups is 3. The Morgan fingerprint density at radius 3 is 1.97 bits per heavy atom. The van der Waals surface area contributed by atoms with Crippen molar-refractivity contribution in [2.24, 2.45) is 5.41 Å². The molecule has 0 spiro atoms. The molecule has 2 aromatic rings. The number of hydrogen-bond acceptors (Lipinski definition) is 4. The zero-order valence-corrected chi connectivity index (χ0v) is 18.0. The Bertz CT molecular complexity index is 891. The molecule has 0 aromatic heterocycles. The Morgan fingerprint density at radius 1 is 0.935 bits per heavy atom. The van der Waals surface area contributed by atoms with E-state index in [2.05, 4.69) is 5.32 Å². The van der Waals surface area contributed by atoms with Crippen LogP contribution in [0.15, 0.2) is 60.7 Å². The molecule has 31 heavy (non-hydrogen) atoms. The first-order chi connectivity index (χ1) is 14.5. The van der Waals surface area contributed by atoms with Gasteiger partial charge in [-0.3, -0.25) is 9.59 Å². The van der Waals surface area contributed by atoms with Crippen molar-refractivity contribution in [1.29, 1.82) is 0 Å². The minimum Gasteiger partial charge on any atom is -0.481 e. The maximum absolute atomic E-state index is 12.5. The van der Waals surface area contributed by atoms with E-state index in [1.54, 1.807) is 81.4 Å². The number of benzene rings is 2. The number of amides is 1. The van der Waals surface area contributed by atoms with Gasteiger partial charge >= 0.3 is 18.0 Å². The van der Waals surface area contributed by atoms with Gasteiger partial charge in [-0.2, -0.15) is 0 Å². The zero-order chi connectivity index (χ0) is 23.1. The van der Waals surface area contributed by atoms with Gasteiger partial charge in [0.05, 0.1) is 17.9 Å². The van der Waals surface area contributed by atoms with E-state index in [1.807, 2.05) is 0 Å². The highest BCUT2D eigenvalue weighted by Gasteiger charge is 2.43. The first kappa shape index (κ1) is 23.9. The molecule has 0 aliphatic rings. The van der Waals surface area contributed by atoms with Crippen LogP contribution in [0.2, 0.25) is 0 Å². The standard InChI is InChI=1S/C24H29NO6/c1-23(2,3)31-22(30)25-19(18-12-8-5-9-13-18)15-24(21(28)29,16-20(26)27)14-17-10-6-4-7-11-17/h4-13,19H,14-16H2,1-3H3,(H,25,30)(H,26,27)(H,28,29)/t19-,24?/m0/s1. The first-order valence-electron chi connectivity index (χ1n) is 10.0. The van der Waals surface area contributed by atoms with E-state index in [0.29, 0.717) is 11.1 Å². The molecular formula is C24H29NO6. The lowest BCUT2D eigenvalue weighted by molar-refractivity contribution is -0.156. The van der Waals surface area contributed by atoms with Crippen LogP contribution in [0.1, 0.15) is 50.8 Å². The normalized spacial score (nSPS) is 14.2. The number of carboxylic acids is 2. The highest BCUT2D eigenvalue weighted by Crippen LogP contribution is 2.38. The fourth-order valence-corrected chi connectivity index (χ4v) is 3.50. The maximum Gasteiger partial charge on any atom is 0.408 e. The van der Waals surface area contributed by atoms with Crippen LogP contribution in [0.3, 0.4) is 0 Å². The van der Waals surface area contributed by atoms with Gasteiger partial charge in [-0.15, -0.1) is 0 Å². The topological polar surface area (TPSA) is 113 Å². The van der Waals surface area contributed by atoms with Crippen molar-refractivity contribution >= 4 is 18.0 Å². The van der Waals surface area contributed by atoms with E-state index in [0.717, 1.165) is 0 Å². The van der Waals surface area contributed by atoms with E-state index in [9.17, 15) is 24.6 Å². The number of aliphatic carboxylic acids is 2. The Kier molecular flexibility index (Phi) is 7.80. The first-order valence-corrected chi connectivity index (χ1v) is 10.0. The molecule has 0 bridgehead atoms. The van der Waals surface area contributed by atoms with Gasteiger partial charge in [0, 0.05) is 0 Å². The Labute approximate surface area is 182 Å². The van der Waals surface area contributed by atoms with E-state index in [-0.39, 0.29) is 12.8 Å². The molecule has 2 aromatic carbocycles. The van der Waals surface area contributed by atoms with Gasteiger partial charge in [0.2, 0.25) is 0 Å². The third kappa shape index (κ3) is 7.44. The molecule has 0 heterocycles. The third-order valence-corrected chi connectivity index (χ3v) is 4.82. The van der Waals surface area contributed by atoms with Gasteiger partial charge in [-0.05, 0) is 44.7 Å². The molecule has 0 saturated heterocycles. The summed E-state index contributed by atoms with van der Waals surface area (Å²) in [7, 11) is 0. The third-order valence-electron chi connectivity index (χ3n) is 4.82. The van der Waals surface area contributed by atoms with Crippen LogP contribution in [0.5, 0.6) is 0 Å². The second-order valence-corrected chi connectivity index (χ2v) is 8.63. The molecule has 166 valence electrons. The Morgan fingerprint density at radius 2 is 1.48 bits per heavy atom. The lowest BCUT2D eigenvalue weighted by Gasteiger charge is -2.33. The molecule has 1 amide bonds. The molecule has 0 fully saturated rings. The lowest BCUT2D eigenvalue weighted by Crippen LogP contribution is -2.42. The summed E-state index contributed by atoms with van der Waals surface area (Å²) in [6.45, 7) is 5.18. The largest absolute Gasteiger partial charge is 0.481 e. The van der Waals surface area contributed by atoms with Crippen molar-refractivity contribution in [1.82, 2.24) is 5.32 Å². The molecule has 7 nitrogen and oxygen atoms in total. The summed E-state index contributed by atoms with van der Waals surface area (Å²) in [4.78, 5) is 36.6. The molecular weight excluding hydrogens is 398 g/mol. The van der Waals surface area contributed by atoms with E-state index >= 15 is 0 Å². The van der Waals surface area contributed by atoms with Gasteiger partial charge in [0.1, 0.15) is 5.60 Å². The second-order valence-electron chi connectivity index (χ2n) is 8.63. The summed E-state index contributed by atoms with van der Waals surface area (Å²) >= 11 is 0. The Balaban J connectivity index is 2.43. The molecule has 7 heteroatoms. The van der Waals surface area contributed by atoms with Crippen molar-refractivity contribution in [2.45, 2.75) is 51.7 Å². The van der Waals surface area contributed by atoms with Crippen molar-refractivity contribution in [3.8, 4) is 0 Å². The van der Waals surface area contributed by atoms with Crippen LogP contribution in [0.25, 0.3) is 0 Å². The lowest BCUT2D eigenvalue weighted by atomic mass is 9.73. The van der Waals surface area contributed by atoms with Crippen LogP contribution in [-0.2, 0) is 20.7 Å². The van der Waals surface area contributed by atoms with Crippen LogP contribution in [-0.4, -0.2) is 33.8 Å². The van der Waals surface area contributed by atoms with E-state index < -0.39 is 41.5 Å². The molecule has 0 radical (unpaired) electrons. The number of ether oxygens (including phenoxy) is 1. The zero-order valence-electron chi connectivity index (χ0n) is 18.0. The fourth-order valence-electron chi connectivity index (χ4n) is 3.50. The summed E-state index contributed by atoms with van der Waals surface area (Å²) in [5.41, 5.74) is -1.00. The monoisotopic (exact) mass is 427 g/mol. The minimum atomic E-state index is -1.64. The maximum atomic E-state index is 12.5.